The maximum atomic E-state index is 5.81. The van der Waals surface area contributed by atoms with Gasteiger partial charge in [0.25, 0.3) is 0 Å². The van der Waals surface area contributed by atoms with Crippen molar-refractivity contribution in [3.8, 4) is 22.8 Å². The molecule has 0 saturated heterocycles. The highest BCUT2D eigenvalue weighted by atomic mass is 16.5. The second-order valence-electron chi connectivity index (χ2n) is 3.91. The third-order valence-corrected chi connectivity index (χ3v) is 2.70. The number of anilines is 1. The van der Waals surface area contributed by atoms with E-state index in [4.69, 9.17) is 15.2 Å². The van der Waals surface area contributed by atoms with E-state index in [1.54, 1.807) is 6.20 Å². The smallest absolute Gasteiger partial charge is 0.161 e. The van der Waals surface area contributed by atoms with Crippen LogP contribution < -0.4 is 15.2 Å². The van der Waals surface area contributed by atoms with Crippen LogP contribution in [-0.2, 0) is 0 Å². The van der Waals surface area contributed by atoms with Crippen LogP contribution in [0.1, 0.15) is 6.42 Å². The molecule has 2 aromatic rings. The van der Waals surface area contributed by atoms with Gasteiger partial charge in [-0.1, -0.05) is 0 Å². The highest BCUT2D eigenvalue weighted by Crippen LogP contribution is 2.34. The van der Waals surface area contributed by atoms with Crippen LogP contribution in [0.15, 0.2) is 24.4 Å². The molecule has 1 aromatic heterocycles. The van der Waals surface area contributed by atoms with Gasteiger partial charge in [-0.25, -0.2) is 0 Å². The summed E-state index contributed by atoms with van der Waals surface area (Å²) in [7, 11) is 0. The first kappa shape index (κ1) is 10.0. The lowest BCUT2D eigenvalue weighted by Crippen LogP contribution is -1.97. The zero-order valence-corrected chi connectivity index (χ0v) is 9.27. The number of nitrogens with one attached hydrogen (secondary N) is 1. The Bertz CT molecular complexity index is 536. The van der Waals surface area contributed by atoms with Crippen LogP contribution in [0, 0.1) is 0 Å². The fourth-order valence-electron chi connectivity index (χ4n) is 1.85. The molecule has 0 fully saturated rings. The molecule has 2 heterocycles. The van der Waals surface area contributed by atoms with Gasteiger partial charge in [0.05, 0.1) is 30.8 Å². The van der Waals surface area contributed by atoms with Crippen LogP contribution in [0.3, 0.4) is 0 Å². The molecular formula is C12H13N3O2. The quantitative estimate of drug-likeness (QED) is 0.785. The predicted molar refractivity (Wildman–Crippen MR) is 64.0 cm³/mol. The minimum Gasteiger partial charge on any atom is -0.490 e. The number of hydrogen-bond acceptors (Lipinski definition) is 4. The molecule has 1 aromatic carbocycles. The van der Waals surface area contributed by atoms with Crippen LogP contribution in [-0.4, -0.2) is 23.4 Å². The van der Waals surface area contributed by atoms with Crippen molar-refractivity contribution in [2.24, 2.45) is 0 Å². The summed E-state index contributed by atoms with van der Waals surface area (Å²) in [4.78, 5) is 0. The van der Waals surface area contributed by atoms with Gasteiger partial charge >= 0.3 is 0 Å². The Labute approximate surface area is 98.5 Å². The summed E-state index contributed by atoms with van der Waals surface area (Å²) in [5.41, 5.74) is 8.19. The molecule has 17 heavy (non-hydrogen) atoms. The fraction of sp³-hybridized carbons (Fsp3) is 0.250. The topological polar surface area (TPSA) is 73.2 Å². The zero-order valence-electron chi connectivity index (χ0n) is 9.27. The molecule has 5 nitrogen and oxygen atoms in total. The first-order valence-electron chi connectivity index (χ1n) is 5.53. The standard InChI is InChI=1S/C12H13N3O2/c13-9-7-14-15-12(9)8-2-3-10-11(6-8)17-5-1-4-16-10/h2-3,6-7H,1,4-5,13H2,(H,14,15). The fourth-order valence-corrected chi connectivity index (χ4v) is 1.85. The van der Waals surface area contributed by atoms with E-state index in [9.17, 15) is 0 Å². The molecule has 1 aliphatic heterocycles. The van der Waals surface area contributed by atoms with Crippen molar-refractivity contribution in [1.82, 2.24) is 10.2 Å². The molecular weight excluding hydrogens is 218 g/mol. The van der Waals surface area contributed by atoms with Gasteiger partial charge in [-0.15, -0.1) is 0 Å². The second-order valence-corrected chi connectivity index (χ2v) is 3.91. The monoisotopic (exact) mass is 231 g/mol. The molecule has 0 atom stereocenters. The zero-order chi connectivity index (χ0) is 11.7. The Morgan fingerprint density at radius 3 is 2.76 bits per heavy atom. The van der Waals surface area contributed by atoms with E-state index < -0.39 is 0 Å². The lowest BCUT2D eigenvalue weighted by Gasteiger charge is -2.08. The van der Waals surface area contributed by atoms with Crippen LogP contribution in [0.4, 0.5) is 5.69 Å². The van der Waals surface area contributed by atoms with Crippen molar-refractivity contribution in [2.75, 3.05) is 18.9 Å². The van der Waals surface area contributed by atoms with Gasteiger partial charge < -0.3 is 15.2 Å². The summed E-state index contributed by atoms with van der Waals surface area (Å²) in [6.07, 6.45) is 2.49. The molecule has 0 aliphatic carbocycles. The van der Waals surface area contributed by atoms with E-state index in [1.165, 1.54) is 0 Å². The molecule has 3 rings (SSSR count). The number of benzene rings is 1. The summed E-state index contributed by atoms with van der Waals surface area (Å²) in [5, 5.41) is 6.78. The summed E-state index contributed by atoms with van der Waals surface area (Å²) in [5.74, 6) is 1.54. The summed E-state index contributed by atoms with van der Waals surface area (Å²) in [6, 6.07) is 5.76. The van der Waals surface area contributed by atoms with Gasteiger partial charge in [-0.05, 0) is 18.2 Å². The molecule has 1 aliphatic rings. The Kier molecular flexibility index (Phi) is 2.36. The Morgan fingerprint density at radius 2 is 2.00 bits per heavy atom. The summed E-state index contributed by atoms with van der Waals surface area (Å²) < 4.78 is 11.2. The van der Waals surface area contributed by atoms with Crippen LogP contribution in [0.25, 0.3) is 11.3 Å². The third kappa shape index (κ3) is 1.80. The van der Waals surface area contributed by atoms with Crippen molar-refractivity contribution in [1.29, 1.82) is 0 Å². The highest BCUT2D eigenvalue weighted by molar-refractivity contribution is 5.73. The van der Waals surface area contributed by atoms with Gasteiger partial charge in [-0.2, -0.15) is 5.10 Å². The minimum absolute atomic E-state index is 0.625. The van der Waals surface area contributed by atoms with E-state index in [2.05, 4.69) is 10.2 Å². The minimum atomic E-state index is 0.625. The number of ether oxygens (including phenoxy) is 2. The third-order valence-electron chi connectivity index (χ3n) is 2.70. The first-order valence-corrected chi connectivity index (χ1v) is 5.53. The summed E-state index contributed by atoms with van der Waals surface area (Å²) >= 11 is 0. The molecule has 0 radical (unpaired) electrons. The highest BCUT2D eigenvalue weighted by Gasteiger charge is 2.13. The number of nitrogens with two attached hydrogens (primary N) is 1. The van der Waals surface area contributed by atoms with Gasteiger partial charge in [-0.3, -0.25) is 5.10 Å². The van der Waals surface area contributed by atoms with E-state index in [-0.39, 0.29) is 0 Å². The molecule has 3 N–H and O–H groups in total. The van der Waals surface area contributed by atoms with Crippen molar-refractivity contribution < 1.29 is 9.47 Å². The molecule has 88 valence electrons. The van der Waals surface area contributed by atoms with Gasteiger partial charge in [0.1, 0.15) is 0 Å². The molecule has 0 unspecified atom stereocenters. The molecule has 0 saturated carbocycles. The average molecular weight is 231 g/mol. The van der Waals surface area contributed by atoms with Gasteiger partial charge in [0.15, 0.2) is 11.5 Å². The molecule has 5 heteroatoms. The molecule has 0 bridgehead atoms. The molecule has 0 amide bonds. The Morgan fingerprint density at radius 1 is 1.18 bits per heavy atom. The first-order chi connectivity index (χ1) is 8.34. The van der Waals surface area contributed by atoms with Gasteiger partial charge in [0, 0.05) is 12.0 Å². The number of aromatic amines is 1. The van der Waals surface area contributed by atoms with Crippen molar-refractivity contribution in [3.63, 3.8) is 0 Å². The number of rotatable bonds is 1. The Hall–Kier alpha value is -2.17. The second kappa shape index (κ2) is 4.01. The molecule has 0 spiro atoms. The number of aromatic nitrogens is 2. The lowest BCUT2D eigenvalue weighted by atomic mass is 10.1. The van der Waals surface area contributed by atoms with Crippen molar-refractivity contribution in [2.45, 2.75) is 6.42 Å². The van der Waals surface area contributed by atoms with E-state index in [0.717, 1.165) is 29.2 Å². The van der Waals surface area contributed by atoms with E-state index in [0.29, 0.717) is 18.9 Å². The normalized spacial score (nSPS) is 14.4. The van der Waals surface area contributed by atoms with Gasteiger partial charge in [0.2, 0.25) is 0 Å². The van der Waals surface area contributed by atoms with E-state index in [1.807, 2.05) is 18.2 Å². The van der Waals surface area contributed by atoms with Crippen molar-refractivity contribution >= 4 is 5.69 Å². The number of hydrogen-bond donors (Lipinski definition) is 2. The number of fused-ring (bicyclic) bond motifs is 1. The largest absolute Gasteiger partial charge is 0.490 e. The predicted octanol–water partition coefficient (Wildman–Crippen LogP) is 1.82. The van der Waals surface area contributed by atoms with Crippen LogP contribution in [0.5, 0.6) is 11.5 Å². The average Bonchev–Trinajstić information content (AvgIpc) is 2.64. The van der Waals surface area contributed by atoms with E-state index >= 15 is 0 Å². The Balaban J connectivity index is 2.03. The lowest BCUT2D eigenvalue weighted by molar-refractivity contribution is 0.297. The van der Waals surface area contributed by atoms with Crippen molar-refractivity contribution in [3.05, 3.63) is 24.4 Å². The number of nitrogens with zero attached hydrogens (tertiary/aromatic N) is 1. The maximum absolute atomic E-state index is 5.81. The maximum Gasteiger partial charge on any atom is 0.161 e. The number of nitrogen functional groups attached to an aromatic ring is 1. The van der Waals surface area contributed by atoms with Crippen LogP contribution in [0.2, 0.25) is 0 Å². The summed E-state index contributed by atoms with van der Waals surface area (Å²) in [6.45, 7) is 1.37. The number of H-pyrrole nitrogens is 1. The SMILES string of the molecule is Nc1cn[nH]c1-c1ccc2c(c1)OCCCO2. The van der Waals surface area contributed by atoms with Crippen LogP contribution >= 0.6 is 0 Å².